The van der Waals surface area contributed by atoms with Crippen molar-refractivity contribution in [2.75, 3.05) is 31.1 Å². The van der Waals surface area contributed by atoms with Gasteiger partial charge in [0.25, 0.3) is 5.91 Å². The third kappa shape index (κ3) is 2.82. The molecule has 2 saturated heterocycles. The van der Waals surface area contributed by atoms with Crippen molar-refractivity contribution in [2.24, 2.45) is 0 Å². The van der Waals surface area contributed by atoms with Crippen molar-refractivity contribution in [3.8, 4) is 0 Å². The number of hydrogen-bond donors (Lipinski definition) is 2. The number of rotatable bonds is 3. The largest absolute Gasteiger partial charge is 0.391 e. The first-order valence-corrected chi connectivity index (χ1v) is 9.17. The predicted molar refractivity (Wildman–Crippen MR) is 99.6 cm³/mol. The number of anilines is 1. The molecule has 0 unspecified atom stereocenters. The number of nitrogens with zero attached hydrogens (tertiary/aromatic N) is 5. The Morgan fingerprint density at radius 2 is 1.96 bits per heavy atom. The van der Waals surface area contributed by atoms with Gasteiger partial charge in [-0.1, -0.05) is 12.1 Å². The summed E-state index contributed by atoms with van der Waals surface area (Å²) in [4.78, 5) is 33.1. The zero-order valence-corrected chi connectivity index (χ0v) is 14.7. The van der Waals surface area contributed by atoms with Gasteiger partial charge in [-0.3, -0.25) is 9.78 Å². The topological polar surface area (TPSA) is 98.2 Å². The van der Waals surface area contributed by atoms with Crippen molar-refractivity contribution in [3.05, 3.63) is 48.2 Å². The first-order chi connectivity index (χ1) is 13.2. The van der Waals surface area contributed by atoms with Crippen LogP contribution in [-0.4, -0.2) is 68.1 Å². The smallest absolute Gasteiger partial charge is 0.289 e. The molecule has 5 rings (SSSR count). The van der Waals surface area contributed by atoms with E-state index >= 15 is 0 Å². The van der Waals surface area contributed by atoms with Crippen LogP contribution in [0.5, 0.6) is 0 Å². The van der Waals surface area contributed by atoms with Gasteiger partial charge in [-0.25, -0.2) is 9.97 Å². The second-order valence-corrected chi connectivity index (χ2v) is 7.16. The molecule has 2 N–H and O–H groups in total. The van der Waals surface area contributed by atoms with Crippen LogP contribution in [0.4, 0.5) is 5.82 Å². The lowest BCUT2D eigenvalue weighted by Gasteiger charge is -2.39. The van der Waals surface area contributed by atoms with Crippen LogP contribution in [-0.2, 0) is 0 Å². The van der Waals surface area contributed by atoms with Crippen molar-refractivity contribution in [1.29, 1.82) is 0 Å². The van der Waals surface area contributed by atoms with E-state index in [0.717, 1.165) is 35.5 Å². The molecule has 0 bridgehead atoms. The molecule has 8 heteroatoms. The van der Waals surface area contributed by atoms with Gasteiger partial charge in [0.2, 0.25) is 0 Å². The summed E-state index contributed by atoms with van der Waals surface area (Å²) in [6.07, 6.45) is 3.80. The number of aromatic nitrogens is 4. The number of aliphatic hydroxyl groups excluding tert-OH is 1. The van der Waals surface area contributed by atoms with E-state index in [1.807, 2.05) is 24.3 Å². The normalized spacial score (nSPS) is 20.3. The molecule has 1 atom stereocenters. The number of β-amino-alcohol motifs (C(OH)–C–C–N with tert-alkyl or cyclic N) is 1. The third-order valence-electron chi connectivity index (χ3n) is 5.32. The average molecular weight is 364 g/mol. The molecule has 2 aromatic heterocycles. The summed E-state index contributed by atoms with van der Waals surface area (Å²) in [6, 6.07) is 7.62. The first kappa shape index (κ1) is 16.2. The number of carbonyl (C=O) groups excluding carboxylic acids is 1. The molecule has 8 nitrogen and oxygen atoms in total. The van der Waals surface area contributed by atoms with Crippen LogP contribution in [0.3, 0.4) is 0 Å². The standard InChI is InChI=1S/C19H20N6O2/c26-13-5-8-24(11-13)18-16(20-6-7-21-18)12-9-25(10-12)19(27)17-22-14-3-1-2-4-15(14)23-17/h1-4,6-7,12-13,26H,5,8-11H2,(H,22,23)/t13-/m0/s1. The van der Waals surface area contributed by atoms with Gasteiger partial charge in [-0.2, -0.15) is 0 Å². The Balaban J connectivity index is 1.31. The molecule has 2 aliphatic rings. The predicted octanol–water partition coefficient (Wildman–Crippen LogP) is 1.16. The van der Waals surface area contributed by atoms with Gasteiger partial charge in [0.05, 0.1) is 22.8 Å². The Morgan fingerprint density at radius 3 is 2.74 bits per heavy atom. The quantitative estimate of drug-likeness (QED) is 0.724. The van der Waals surface area contributed by atoms with E-state index < -0.39 is 0 Å². The molecular formula is C19H20N6O2. The van der Waals surface area contributed by atoms with Crippen molar-refractivity contribution in [2.45, 2.75) is 18.4 Å². The van der Waals surface area contributed by atoms with Crippen LogP contribution in [0.2, 0.25) is 0 Å². The lowest BCUT2D eigenvalue weighted by molar-refractivity contribution is 0.0587. The summed E-state index contributed by atoms with van der Waals surface area (Å²) in [5.74, 6) is 1.26. The number of amides is 1. The number of nitrogens with one attached hydrogen (secondary N) is 1. The van der Waals surface area contributed by atoms with Crippen molar-refractivity contribution in [1.82, 2.24) is 24.8 Å². The van der Waals surface area contributed by atoms with Crippen molar-refractivity contribution >= 4 is 22.8 Å². The maximum Gasteiger partial charge on any atom is 0.289 e. The van der Waals surface area contributed by atoms with Gasteiger partial charge in [0.15, 0.2) is 11.6 Å². The third-order valence-corrected chi connectivity index (χ3v) is 5.32. The highest BCUT2D eigenvalue weighted by Gasteiger charge is 2.37. The minimum atomic E-state index is -0.313. The fourth-order valence-corrected chi connectivity index (χ4v) is 3.83. The van der Waals surface area contributed by atoms with E-state index in [1.165, 1.54) is 0 Å². The number of benzene rings is 1. The average Bonchev–Trinajstić information content (AvgIpc) is 3.27. The Hall–Kier alpha value is -3.00. The number of aromatic amines is 1. The minimum Gasteiger partial charge on any atom is -0.391 e. The lowest BCUT2D eigenvalue weighted by atomic mass is 9.95. The number of hydrogen-bond acceptors (Lipinski definition) is 6. The second kappa shape index (κ2) is 6.31. The summed E-state index contributed by atoms with van der Waals surface area (Å²) in [5.41, 5.74) is 2.56. The van der Waals surface area contributed by atoms with E-state index in [-0.39, 0.29) is 17.9 Å². The Labute approximate surface area is 155 Å². The number of para-hydroxylation sites is 2. The molecule has 138 valence electrons. The van der Waals surface area contributed by atoms with Gasteiger partial charge >= 0.3 is 0 Å². The monoisotopic (exact) mass is 364 g/mol. The summed E-state index contributed by atoms with van der Waals surface area (Å²) >= 11 is 0. The van der Waals surface area contributed by atoms with Crippen LogP contribution in [0.1, 0.15) is 28.7 Å². The van der Waals surface area contributed by atoms with Crippen LogP contribution in [0.15, 0.2) is 36.7 Å². The molecule has 0 saturated carbocycles. The highest BCUT2D eigenvalue weighted by molar-refractivity contribution is 5.94. The van der Waals surface area contributed by atoms with E-state index in [9.17, 15) is 9.90 Å². The molecule has 1 amide bonds. The number of carbonyl (C=O) groups is 1. The van der Waals surface area contributed by atoms with Gasteiger partial charge in [0.1, 0.15) is 0 Å². The van der Waals surface area contributed by atoms with Crippen molar-refractivity contribution in [3.63, 3.8) is 0 Å². The molecule has 0 radical (unpaired) electrons. The Morgan fingerprint density at radius 1 is 1.15 bits per heavy atom. The van der Waals surface area contributed by atoms with E-state index in [4.69, 9.17) is 0 Å². The number of H-pyrrole nitrogens is 1. The molecule has 3 aromatic rings. The number of imidazole rings is 1. The van der Waals surface area contributed by atoms with E-state index in [0.29, 0.717) is 25.5 Å². The summed E-state index contributed by atoms with van der Waals surface area (Å²) in [6.45, 7) is 2.55. The summed E-state index contributed by atoms with van der Waals surface area (Å²) in [5, 5.41) is 9.81. The molecule has 27 heavy (non-hydrogen) atoms. The van der Waals surface area contributed by atoms with Crippen LogP contribution in [0.25, 0.3) is 11.0 Å². The molecule has 1 aromatic carbocycles. The van der Waals surface area contributed by atoms with Gasteiger partial charge in [-0.15, -0.1) is 0 Å². The molecule has 0 spiro atoms. The molecule has 0 aliphatic carbocycles. The fourth-order valence-electron chi connectivity index (χ4n) is 3.83. The molecule has 2 aliphatic heterocycles. The van der Waals surface area contributed by atoms with Crippen LogP contribution < -0.4 is 4.90 Å². The van der Waals surface area contributed by atoms with E-state index in [1.54, 1.807) is 17.3 Å². The molecule has 2 fully saturated rings. The number of fused-ring (bicyclic) bond motifs is 1. The maximum absolute atomic E-state index is 12.7. The Kier molecular flexibility index (Phi) is 3.78. The van der Waals surface area contributed by atoms with Crippen molar-refractivity contribution < 1.29 is 9.90 Å². The van der Waals surface area contributed by atoms with Crippen LogP contribution >= 0.6 is 0 Å². The Bertz CT molecular complexity index is 964. The first-order valence-electron chi connectivity index (χ1n) is 9.17. The van der Waals surface area contributed by atoms with Crippen LogP contribution in [0, 0.1) is 0 Å². The van der Waals surface area contributed by atoms with E-state index in [2.05, 4.69) is 24.8 Å². The van der Waals surface area contributed by atoms with Gasteiger partial charge < -0.3 is 19.9 Å². The minimum absolute atomic E-state index is 0.0931. The maximum atomic E-state index is 12.7. The van der Waals surface area contributed by atoms with Gasteiger partial charge in [0, 0.05) is 44.5 Å². The summed E-state index contributed by atoms with van der Waals surface area (Å²) in [7, 11) is 0. The molecule has 4 heterocycles. The lowest BCUT2D eigenvalue weighted by Crippen LogP contribution is -2.49. The highest BCUT2D eigenvalue weighted by atomic mass is 16.3. The number of likely N-dealkylation sites (tertiary alicyclic amines) is 1. The second-order valence-electron chi connectivity index (χ2n) is 7.16. The zero-order chi connectivity index (χ0) is 18.4. The zero-order valence-electron chi connectivity index (χ0n) is 14.7. The highest BCUT2D eigenvalue weighted by Crippen LogP contribution is 2.33. The van der Waals surface area contributed by atoms with Gasteiger partial charge in [-0.05, 0) is 18.6 Å². The SMILES string of the molecule is O=C(c1nc2ccccc2[nH]1)N1CC(c2nccnc2N2CC[C@H](O)C2)C1. The number of aliphatic hydroxyl groups is 1. The molecular weight excluding hydrogens is 344 g/mol. The summed E-state index contributed by atoms with van der Waals surface area (Å²) < 4.78 is 0. The fraction of sp³-hybridized carbons (Fsp3) is 0.368.